The molecule has 17 heavy (non-hydrogen) atoms. The second kappa shape index (κ2) is 4.34. The van der Waals surface area contributed by atoms with Crippen molar-refractivity contribution in [1.82, 2.24) is 0 Å². The maximum atomic E-state index is 11.3. The van der Waals surface area contributed by atoms with E-state index >= 15 is 0 Å². The topological polar surface area (TPSA) is 62.6 Å². The molecule has 0 N–H and O–H groups in total. The minimum absolute atomic E-state index is 0.491. The van der Waals surface area contributed by atoms with Crippen LogP contribution in [0, 0.1) is 18.3 Å². The molecule has 1 aromatic carbocycles. The molecule has 0 aromatic heterocycles. The van der Waals surface area contributed by atoms with E-state index in [0.717, 1.165) is 5.56 Å². The van der Waals surface area contributed by atoms with Crippen molar-refractivity contribution in [3.05, 3.63) is 17.7 Å². The van der Waals surface area contributed by atoms with Gasteiger partial charge in [0.1, 0.15) is 13.2 Å². The number of amides is 1. The Balaban J connectivity index is 2.42. The van der Waals surface area contributed by atoms with Crippen LogP contribution in [0.15, 0.2) is 12.1 Å². The van der Waals surface area contributed by atoms with Crippen molar-refractivity contribution in [2.24, 2.45) is 0 Å². The van der Waals surface area contributed by atoms with Crippen LogP contribution in [-0.4, -0.2) is 26.2 Å². The summed E-state index contributed by atoms with van der Waals surface area (Å²) in [6.45, 7) is 2.87. The zero-order chi connectivity index (χ0) is 12.4. The SMILES string of the molecule is Cc1cc2c(cc1N(C)C(=O)C#N)OCCO2. The zero-order valence-corrected chi connectivity index (χ0v) is 9.69. The Kier molecular flexibility index (Phi) is 2.88. The molecule has 1 aliphatic heterocycles. The maximum Gasteiger partial charge on any atom is 0.329 e. The first kappa shape index (κ1) is 11.3. The average Bonchev–Trinajstić information content (AvgIpc) is 2.36. The number of ether oxygens (including phenoxy) is 2. The number of fused-ring (bicyclic) bond motifs is 1. The van der Waals surface area contributed by atoms with Gasteiger partial charge in [0.15, 0.2) is 17.6 Å². The lowest BCUT2D eigenvalue weighted by molar-refractivity contribution is -0.113. The monoisotopic (exact) mass is 232 g/mol. The molecular weight excluding hydrogens is 220 g/mol. The highest BCUT2D eigenvalue weighted by molar-refractivity contribution is 6.04. The number of carbonyl (C=O) groups is 1. The van der Waals surface area contributed by atoms with Crippen LogP contribution in [0.4, 0.5) is 5.69 Å². The molecule has 1 amide bonds. The fourth-order valence-electron chi connectivity index (χ4n) is 1.73. The van der Waals surface area contributed by atoms with Crippen molar-refractivity contribution in [3.63, 3.8) is 0 Å². The van der Waals surface area contributed by atoms with E-state index in [2.05, 4.69) is 0 Å². The average molecular weight is 232 g/mol. The summed E-state index contributed by atoms with van der Waals surface area (Å²) < 4.78 is 10.9. The number of anilines is 1. The van der Waals surface area contributed by atoms with Gasteiger partial charge in [-0.1, -0.05) is 0 Å². The smallest absolute Gasteiger partial charge is 0.329 e. The van der Waals surface area contributed by atoms with Gasteiger partial charge in [-0.3, -0.25) is 4.79 Å². The summed E-state index contributed by atoms with van der Waals surface area (Å²) in [4.78, 5) is 12.6. The van der Waals surface area contributed by atoms with Gasteiger partial charge in [0, 0.05) is 13.1 Å². The molecule has 88 valence electrons. The Morgan fingerprint density at radius 3 is 2.53 bits per heavy atom. The molecule has 0 saturated heterocycles. The molecule has 0 fully saturated rings. The summed E-state index contributed by atoms with van der Waals surface area (Å²) in [6.07, 6.45) is 0. The van der Waals surface area contributed by atoms with Crippen molar-refractivity contribution in [3.8, 4) is 17.6 Å². The Morgan fingerprint density at radius 2 is 1.94 bits per heavy atom. The fourth-order valence-corrected chi connectivity index (χ4v) is 1.73. The van der Waals surface area contributed by atoms with E-state index in [4.69, 9.17) is 14.7 Å². The molecule has 0 aliphatic carbocycles. The minimum Gasteiger partial charge on any atom is -0.486 e. The van der Waals surface area contributed by atoms with Crippen LogP contribution in [-0.2, 0) is 4.79 Å². The van der Waals surface area contributed by atoms with Gasteiger partial charge in [0.05, 0.1) is 5.69 Å². The van der Waals surface area contributed by atoms with Crippen LogP contribution >= 0.6 is 0 Å². The first-order chi connectivity index (χ1) is 8.13. The van der Waals surface area contributed by atoms with Crippen molar-refractivity contribution in [1.29, 1.82) is 5.26 Å². The van der Waals surface area contributed by atoms with Crippen molar-refractivity contribution < 1.29 is 14.3 Å². The largest absolute Gasteiger partial charge is 0.486 e. The lowest BCUT2D eigenvalue weighted by atomic mass is 10.1. The lowest BCUT2D eigenvalue weighted by Crippen LogP contribution is -2.25. The van der Waals surface area contributed by atoms with Gasteiger partial charge in [-0.05, 0) is 18.6 Å². The van der Waals surface area contributed by atoms with Gasteiger partial charge >= 0.3 is 5.91 Å². The van der Waals surface area contributed by atoms with Crippen molar-refractivity contribution in [2.75, 3.05) is 25.2 Å². The van der Waals surface area contributed by atoms with Gasteiger partial charge in [0.2, 0.25) is 0 Å². The first-order valence-electron chi connectivity index (χ1n) is 5.21. The molecular formula is C12H12N2O3. The predicted molar refractivity (Wildman–Crippen MR) is 61.2 cm³/mol. The van der Waals surface area contributed by atoms with Gasteiger partial charge in [0.25, 0.3) is 0 Å². The molecule has 0 radical (unpaired) electrons. The van der Waals surface area contributed by atoms with Gasteiger partial charge in [-0.15, -0.1) is 0 Å². The van der Waals surface area contributed by atoms with Crippen LogP contribution in [0.1, 0.15) is 5.56 Å². The quantitative estimate of drug-likeness (QED) is 0.684. The summed E-state index contributed by atoms with van der Waals surface area (Å²) in [5.74, 6) is 0.675. The molecule has 0 unspecified atom stereocenters. The van der Waals surface area contributed by atoms with Gasteiger partial charge in [-0.2, -0.15) is 5.26 Å². The number of benzene rings is 1. The second-order valence-corrected chi connectivity index (χ2v) is 3.76. The molecule has 0 atom stereocenters. The minimum atomic E-state index is -0.607. The van der Waals surface area contributed by atoms with E-state index in [9.17, 15) is 4.79 Å². The number of nitrogens with zero attached hydrogens (tertiary/aromatic N) is 2. The lowest BCUT2D eigenvalue weighted by Gasteiger charge is -2.23. The Labute approximate surface area is 99.2 Å². The third-order valence-corrected chi connectivity index (χ3v) is 2.62. The van der Waals surface area contributed by atoms with Gasteiger partial charge < -0.3 is 14.4 Å². The Morgan fingerprint density at radius 1 is 1.35 bits per heavy atom. The number of rotatable bonds is 1. The molecule has 0 saturated carbocycles. The molecule has 0 bridgehead atoms. The van der Waals surface area contributed by atoms with E-state index in [1.54, 1.807) is 19.2 Å². The number of hydrogen-bond acceptors (Lipinski definition) is 4. The summed E-state index contributed by atoms with van der Waals surface area (Å²) in [5.41, 5.74) is 1.51. The molecule has 1 aliphatic rings. The number of hydrogen-bond donors (Lipinski definition) is 0. The molecule has 0 spiro atoms. The second-order valence-electron chi connectivity index (χ2n) is 3.76. The third kappa shape index (κ3) is 2.02. The highest BCUT2D eigenvalue weighted by atomic mass is 16.6. The Hall–Kier alpha value is -2.22. The van der Waals surface area contributed by atoms with Gasteiger partial charge in [-0.25, -0.2) is 0 Å². The van der Waals surface area contributed by atoms with Crippen LogP contribution in [0.25, 0.3) is 0 Å². The van der Waals surface area contributed by atoms with Crippen LogP contribution in [0.3, 0.4) is 0 Å². The van der Waals surface area contributed by atoms with Crippen LogP contribution in [0.2, 0.25) is 0 Å². The predicted octanol–water partition coefficient (Wildman–Crippen LogP) is 1.25. The fraction of sp³-hybridized carbons (Fsp3) is 0.333. The molecule has 1 heterocycles. The van der Waals surface area contributed by atoms with Crippen LogP contribution < -0.4 is 14.4 Å². The normalized spacial score (nSPS) is 12.8. The molecule has 5 nitrogen and oxygen atoms in total. The highest BCUT2D eigenvalue weighted by Gasteiger charge is 2.18. The van der Waals surface area contributed by atoms with E-state index in [-0.39, 0.29) is 0 Å². The van der Waals surface area contributed by atoms with Crippen LogP contribution in [0.5, 0.6) is 11.5 Å². The van der Waals surface area contributed by atoms with E-state index in [1.807, 2.05) is 13.0 Å². The highest BCUT2D eigenvalue weighted by Crippen LogP contribution is 2.36. The standard InChI is InChI=1S/C12H12N2O3/c1-8-5-10-11(17-4-3-16-10)6-9(8)14(2)12(15)7-13/h5-6H,3-4H2,1-2H3. The van der Waals surface area contributed by atoms with E-state index in [0.29, 0.717) is 30.4 Å². The summed E-state index contributed by atoms with van der Waals surface area (Å²) >= 11 is 0. The first-order valence-corrected chi connectivity index (χ1v) is 5.21. The molecule has 5 heteroatoms. The third-order valence-electron chi connectivity index (χ3n) is 2.62. The van der Waals surface area contributed by atoms with E-state index in [1.165, 1.54) is 4.90 Å². The summed E-state index contributed by atoms with van der Waals surface area (Å²) in [5, 5.41) is 8.60. The van der Waals surface area contributed by atoms with Crippen molar-refractivity contribution in [2.45, 2.75) is 6.92 Å². The molecule has 1 aromatic rings. The summed E-state index contributed by atoms with van der Waals surface area (Å²) in [7, 11) is 1.56. The van der Waals surface area contributed by atoms with E-state index < -0.39 is 5.91 Å². The zero-order valence-electron chi connectivity index (χ0n) is 9.69. The molecule has 2 rings (SSSR count). The summed E-state index contributed by atoms with van der Waals surface area (Å²) in [6, 6.07) is 5.12. The number of carbonyl (C=O) groups excluding carboxylic acids is 1. The maximum absolute atomic E-state index is 11.3. The van der Waals surface area contributed by atoms with Crippen molar-refractivity contribution >= 4 is 11.6 Å². The number of aryl methyl sites for hydroxylation is 1. The Bertz CT molecular complexity index is 505. The number of nitriles is 1.